The highest BCUT2D eigenvalue weighted by molar-refractivity contribution is 6.74. The van der Waals surface area contributed by atoms with Crippen molar-refractivity contribution in [3.05, 3.63) is 64.2 Å². The summed E-state index contributed by atoms with van der Waals surface area (Å²) in [4.78, 5) is 24.8. The van der Waals surface area contributed by atoms with Crippen LogP contribution in [0.3, 0.4) is 0 Å². The number of benzene rings is 2. The van der Waals surface area contributed by atoms with E-state index in [9.17, 15) is 24.9 Å². The summed E-state index contributed by atoms with van der Waals surface area (Å²) in [5.41, 5.74) is -3.20. The summed E-state index contributed by atoms with van der Waals surface area (Å²) in [5, 5.41) is 35.7. The summed E-state index contributed by atoms with van der Waals surface area (Å²) < 4.78 is 53.7. The van der Waals surface area contributed by atoms with E-state index in [0.29, 0.717) is 5.75 Å². The molecule has 1 aliphatic heterocycles. The van der Waals surface area contributed by atoms with Gasteiger partial charge in [0, 0.05) is 19.1 Å². The van der Waals surface area contributed by atoms with Gasteiger partial charge in [0.1, 0.15) is 23.1 Å². The van der Waals surface area contributed by atoms with Crippen LogP contribution in [0.5, 0.6) is 17.2 Å². The molecule has 64 heavy (non-hydrogen) atoms. The molecule has 2 aromatic carbocycles. The van der Waals surface area contributed by atoms with E-state index in [1.54, 1.807) is 59.9 Å². The molecule has 1 amide bonds. The Labute approximate surface area is 383 Å². The maximum atomic E-state index is 12.9. The first kappa shape index (κ1) is 52.3. The Kier molecular flexibility index (Phi) is 17.1. The fraction of sp³-hybridized carbons (Fsp3) is 0.574. The molecule has 0 unspecified atom stereocenters. The van der Waals surface area contributed by atoms with Gasteiger partial charge in [-0.25, -0.2) is 4.79 Å². The van der Waals surface area contributed by atoms with Crippen molar-refractivity contribution in [1.29, 1.82) is 0 Å². The lowest BCUT2D eigenvalue weighted by Gasteiger charge is -2.39. The number of nitrogens with one attached hydrogen (secondary N) is 1. The van der Waals surface area contributed by atoms with Gasteiger partial charge in [-0.3, -0.25) is 4.79 Å². The number of carboxylic acid groups (broad SMARTS) is 1. The van der Waals surface area contributed by atoms with Gasteiger partial charge in [0.25, 0.3) is 0 Å². The zero-order valence-electron chi connectivity index (χ0n) is 38.9. The monoisotopic (exact) mass is 929 g/mol. The van der Waals surface area contributed by atoms with Crippen LogP contribution in [0, 0.1) is 24.2 Å². The molecule has 4 rings (SSSR count). The average Bonchev–Trinajstić information content (AvgIpc) is 3.68. The summed E-state index contributed by atoms with van der Waals surface area (Å²) in [6.07, 6.45) is 3.30. The van der Waals surface area contributed by atoms with E-state index in [1.165, 1.54) is 19.2 Å². The molecule has 4 N–H and O–H groups in total. The molecular weight excluding hydrogens is 866 g/mol. The smallest absolute Gasteiger partial charge is 0.408 e. The number of halogens is 1. The van der Waals surface area contributed by atoms with Gasteiger partial charge in [-0.05, 0) is 94.2 Å². The van der Waals surface area contributed by atoms with Crippen LogP contribution in [0.4, 0.5) is 4.79 Å². The van der Waals surface area contributed by atoms with Gasteiger partial charge >= 0.3 is 12.1 Å². The molecule has 1 saturated heterocycles. The van der Waals surface area contributed by atoms with Crippen LogP contribution in [0.15, 0.2) is 48.0 Å². The summed E-state index contributed by atoms with van der Waals surface area (Å²) in [7, 11) is 0.509. The zero-order valence-corrected chi connectivity index (χ0v) is 40.6. The molecule has 15 nitrogen and oxygen atoms in total. The fourth-order valence-electron chi connectivity index (χ4n) is 6.74. The standard InChI is InChI=1S/C47H64ClNO14Si/c1-14-38(60-41-35(48)21-31(22-37(41)58-29-55-10)36(24-40(51)52)49-42(53)61-43(2,3)4)47(54)25-34(62-64(12,13)44(5,6)7)23-32(47)19-20-46(28-59-45(8,9)63-46)39(26-50)57-27-30-15-17-33(56-11)18-16-30/h1,15-18,21-23,34,36,38-39,50,54H,24-29H2,2-13H3,(H,49,53)(H,51,52)/t34-,36+,38-,39+,46+,47-/m1/s1. The number of aliphatic hydroxyl groups excluding tert-OH is 1. The number of carbonyl (C=O) groups is 2. The van der Waals surface area contributed by atoms with Crippen LogP contribution in [-0.2, 0) is 39.5 Å². The first-order chi connectivity index (χ1) is 29.7. The van der Waals surface area contributed by atoms with Crippen molar-refractivity contribution < 1.29 is 67.2 Å². The number of terminal acetylenes is 1. The Bertz CT molecular complexity index is 2090. The second-order valence-corrected chi connectivity index (χ2v) is 23.9. The van der Waals surface area contributed by atoms with E-state index in [0.717, 1.165) is 5.56 Å². The number of hydrogen-bond donors (Lipinski definition) is 4. The van der Waals surface area contributed by atoms with Crippen molar-refractivity contribution in [1.82, 2.24) is 5.32 Å². The number of methoxy groups -OCH3 is 2. The number of amides is 1. The van der Waals surface area contributed by atoms with Crippen LogP contribution in [0.1, 0.15) is 85.4 Å². The highest BCUT2D eigenvalue weighted by Gasteiger charge is 2.53. The van der Waals surface area contributed by atoms with Crippen molar-refractivity contribution in [2.45, 2.75) is 140 Å². The summed E-state index contributed by atoms with van der Waals surface area (Å²) in [5.74, 6) is 7.09. The molecule has 2 aliphatic rings. The maximum Gasteiger partial charge on any atom is 0.408 e. The van der Waals surface area contributed by atoms with Crippen LogP contribution in [0.2, 0.25) is 23.2 Å². The number of ether oxygens (including phenoxy) is 8. The number of aliphatic carboxylic acids is 1. The van der Waals surface area contributed by atoms with Gasteiger partial charge in [0.2, 0.25) is 0 Å². The Morgan fingerprint density at radius 2 is 1.77 bits per heavy atom. The third-order valence-electron chi connectivity index (χ3n) is 11.0. The molecule has 1 heterocycles. The van der Waals surface area contributed by atoms with Gasteiger partial charge in [0.05, 0.1) is 50.5 Å². The summed E-state index contributed by atoms with van der Waals surface area (Å²) in [6.45, 7) is 18.2. The molecule has 352 valence electrons. The first-order valence-electron chi connectivity index (χ1n) is 20.8. The van der Waals surface area contributed by atoms with E-state index in [1.807, 2.05) is 12.1 Å². The molecule has 17 heteroatoms. The second kappa shape index (κ2) is 20.9. The molecule has 2 aromatic rings. The average molecular weight is 931 g/mol. The van der Waals surface area contributed by atoms with Crippen LogP contribution in [-0.4, -0.2) is 111 Å². The minimum absolute atomic E-state index is 0.0317. The number of alkyl carbamates (subject to hydrolysis) is 1. The maximum absolute atomic E-state index is 12.9. The molecule has 0 radical (unpaired) electrons. The van der Waals surface area contributed by atoms with Crippen LogP contribution < -0.4 is 19.5 Å². The Morgan fingerprint density at radius 1 is 1.09 bits per heavy atom. The third-order valence-corrected chi connectivity index (χ3v) is 15.8. The van der Waals surface area contributed by atoms with E-state index in [2.05, 4.69) is 56.9 Å². The lowest BCUT2D eigenvalue weighted by atomic mass is 9.88. The lowest BCUT2D eigenvalue weighted by Crippen LogP contribution is -2.49. The van der Waals surface area contributed by atoms with Gasteiger partial charge in [-0.2, -0.15) is 0 Å². The van der Waals surface area contributed by atoms with Crippen molar-refractivity contribution in [2.75, 3.05) is 34.2 Å². The third kappa shape index (κ3) is 13.4. The molecule has 1 aliphatic carbocycles. The normalized spacial score (nSPS) is 22.2. The van der Waals surface area contributed by atoms with Gasteiger partial charge < -0.3 is 63.0 Å². The van der Waals surface area contributed by atoms with Crippen LogP contribution >= 0.6 is 11.6 Å². The fourth-order valence-corrected chi connectivity index (χ4v) is 8.26. The Balaban J connectivity index is 1.80. The summed E-state index contributed by atoms with van der Waals surface area (Å²) in [6, 6.07) is 9.00. The van der Waals surface area contributed by atoms with E-state index in [-0.39, 0.29) is 59.1 Å². The molecular formula is C47H64ClNO14Si. The minimum Gasteiger partial charge on any atom is -0.497 e. The molecule has 0 spiro atoms. The Morgan fingerprint density at radius 3 is 2.30 bits per heavy atom. The van der Waals surface area contributed by atoms with E-state index in [4.69, 9.17) is 60.3 Å². The molecule has 1 fully saturated rings. The predicted octanol–water partition coefficient (Wildman–Crippen LogP) is 7.31. The number of rotatable bonds is 18. The highest BCUT2D eigenvalue weighted by atomic mass is 35.5. The number of carbonyl (C=O) groups excluding carboxylic acids is 1. The van der Waals surface area contributed by atoms with Crippen molar-refractivity contribution in [3.63, 3.8) is 0 Å². The zero-order chi connectivity index (χ0) is 47.9. The van der Waals surface area contributed by atoms with Crippen LogP contribution in [0.25, 0.3) is 0 Å². The molecule has 0 aromatic heterocycles. The number of aliphatic hydroxyl groups is 2. The minimum atomic E-state index is -2.46. The van der Waals surface area contributed by atoms with Gasteiger partial charge in [-0.1, -0.05) is 62.3 Å². The molecule has 0 bridgehead atoms. The largest absolute Gasteiger partial charge is 0.497 e. The quantitative estimate of drug-likeness (QED) is 0.0662. The van der Waals surface area contributed by atoms with Crippen molar-refractivity contribution in [3.8, 4) is 41.4 Å². The van der Waals surface area contributed by atoms with Crippen molar-refractivity contribution >= 4 is 32.0 Å². The highest BCUT2D eigenvalue weighted by Crippen LogP contribution is 2.46. The van der Waals surface area contributed by atoms with Crippen molar-refractivity contribution in [2.24, 2.45) is 0 Å². The summed E-state index contributed by atoms with van der Waals surface area (Å²) >= 11 is 6.90. The number of carboxylic acids is 1. The second-order valence-electron chi connectivity index (χ2n) is 18.7. The van der Waals surface area contributed by atoms with E-state index >= 15 is 0 Å². The first-order valence-corrected chi connectivity index (χ1v) is 24.1. The lowest BCUT2D eigenvalue weighted by molar-refractivity contribution is -0.182. The van der Waals surface area contributed by atoms with Gasteiger partial charge in [0.15, 0.2) is 44.1 Å². The predicted molar refractivity (Wildman–Crippen MR) is 242 cm³/mol. The SMILES string of the molecule is C#C[C@@H](Oc1c(Cl)cc([C@H](CC(=O)O)NC(=O)OC(C)(C)C)cc1OCOC)[C@@]1(O)C[C@H](O[Si](C)(C)C(C)(C)C)C=C1C#C[C@@]1([C@H](CO)OCc2ccc(OC)cc2)COC(C)(C)O1. The van der Waals surface area contributed by atoms with Gasteiger partial charge in [-0.15, -0.1) is 6.42 Å². The number of hydrogen-bond acceptors (Lipinski definition) is 13. The van der Waals surface area contributed by atoms with E-state index < -0.39 is 80.4 Å². The molecule has 0 saturated carbocycles. The Hall–Kier alpha value is -4.33. The topological polar surface area (TPSA) is 190 Å². The molecule has 6 atom stereocenters.